The molecule has 1 amide bonds. The lowest BCUT2D eigenvalue weighted by Crippen LogP contribution is -2.43. The van der Waals surface area contributed by atoms with Gasteiger partial charge in [0, 0.05) is 18.8 Å². The van der Waals surface area contributed by atoms with E-state index in [4.69, 9.17) is 5.11 Å². The van der Waals surface area contributed by atoms with Gasteiger partial charge in [0.05, 0.1) is 6.54 Å². The van der Waals surface area contributed by atoms with Gasteiger partial charge in [0.25, 0.3) is 0 Å². The van der Waals surface area contributed by atoms with Crippen molar-refractivity contribution in [3.05, 3.63) is 0 Å². The van der Waals surface area contributed by atoms with E-state index in [2.05, 4.69) is 0 Å². The molecule has 1 aliphatic rings. The van der Waals surface area contributed by atoms with Crippen LogP contribution >= 0.6 is 0 Å². The molecule has 3 nitrogen and oxygen atoms in total. The molecule has 8 heteroatoms. The number of alkyl halides is 5. The van der Waals surface area contributed by atoms with Crippen molar-refractivity contribution in [2.24, 2.45) is 5.92 Å². The molecule has 1 rings (SSSR count). The van der Waals surface area contributed by atoms with Crippen LogP contribution in [0.25, 0.3) is 0 Å². The first-order chi connectivity index (χ1) is 8.12. The molecule has 1 saturated carbocycles. The fourth-order valence-electron chi connectivity index (χ4n) is 1.76. The van der Waals surface area contributed by atoms with E-state index in [0.717, 1.165) is 0 Å². The van der Waals surface area contributed by atoms with Crippen molar-refractivity contribution in [1.82, 2.24) is 5.32 Å². The van der Waals surface area contributed by atoms with Crippen molar-refractivity contribution in [2.75, 3.05) is 6.54 Å². The Bertz CT molecular complexity index is 295. The lowest BCUT2D eigenvalue weighted by atomic mass is 9.86. The van der Waals surface area contributed by atoms with Gasteiger partial charge < -0.3 is 10.4 Å². The Hall–Kier alpha value is -0.920. The number of carbonyl (C=O) groups excluding carboxylic acids is 1. The maximum atomic E-state index is 12.8. The van der Waals surface area contributed by atoms with E-state index in [1.165, 1.54) is 0 Å². The summed E-state index contributed by atoms with van der Waals surface area (Å²) in [5.74, 6) is -4.21. The SMILES string of the molecule is O=C(NCC(O)C(F)(F)F)C1CCC(F)(F)CC1. The van der Waals surface area contributed by atoms with E-state index in [-0.39, 0.29) is 12.8 Å². The zero-order valence-electron chi connectivity index (χ0n) is 9.44. The van der Waals surface area contributed by atoms with Gasteiger partial charge in [-0.3, -0.25) is 4.79 Å². The molecule has 106 valence electrons. The summed E-state index contributed by atoms with van der Waals surface area (Å²) in [7, 11) is 0. The van der Waals surface area contributed by atoms with E-state index in [1.54, 1.807) is 0 Å². The number of halogens is 5. The van der Waals surface area contributed by atoms with Crippen LogP contribution in [0.3, 0.4) is 0 Å². The highest BCUT2D eigenvalue weighted by atomic mass is 19.4. The lowest BCUT2D eigenvalue weighted by Gasteiger charge is -2.27. The number of aliphatic hydroxyl groups is 1. The molecule has 0 saturated heterocycles. The zero-order valence-corrected chi connectivity index (χ0v) is 9.44. The number of amides is 1. The van der Waals surface area contributed by atoms with Crippen LogP contribution in [-0.4, -0.2) is 35.8 Å². The number of carbonyl (C=O) groups is 1. The van der Waals surface area contributed by atoms with Gasteiger partial charge >= 0.3 is 6.18 Å². The van der Waals surface area contributed by atoms with E-state index < -0.39 is 49.4 Å². The average molecular weight is 275 g/mol. The Balaban J connectivity index is 2.34. The van der Waals surface area contributed by atoms with Crippen LogP contribution in [0.1, 0.15) is 25.7 Å². The van der Waals surface area contributed by atoms with Gasteiger partial charge in [0.15, 0.2) is 6.10 Å². The summed E-state index contributed by atoms with van der Waals surface area (Å²) in [5.41, 5.74) is 0. The predicted octanol–water partition coefficient (Wildman–Crippen LogP) is 1.85. The molecule has 0 heterocycles. The van der Waals surface area contributed by atoms with Gasteiger partial charge in [0.2, 0.25) is 11.8 Å². The number of nitrogens with one attached hydrogen (secondary N) is 1. The minimum Gasteiger partial charge on any atom is -0.382 e. The third-order valence-electron chi connectivity index (χ3n) is 2.94. The second-order valence-electron chi connectivity index (χ2n) is 4.43. The molecule has 0 aromatic carbocycles. The molecule has 1 unspecified atom stereocenters. The number of aliphatic hydroxyl groups excluding tert-OH is 1. The third-order valence-corrected chi connectivity index (χ3v) is 2.94. The Morgan fingerprint density at radius 1 is 1.33 bits per heavy atom. The first-order valence-electron chi connectivity index (χ1n) is 5.52. The van der Waals surface area contributed by atoms with Gasteiger partial charge in [-0.25, -0.2) is 8.78 Å². The number of rotatable bonds is 3. The lowest BCUT2D eigenvalue weighted by molar-refractivity contribution is -0.202. The topological polar surface area (TPSA) is 49.3 Å². The van der Waals surface area contributed by atoms with Crippen molar-refractivity contribution in [2.45, 2.75) is 43.9 Å². The molecule has 18 heavy (non-hydrogen) atoms. The minimum atomic E-state index is -4.80. The summed E-state index contributed by atoms with van der Waals surface area (Å²) in [6.07, 6.45) is -8.42. The molecule has 1 aliphatic carbocycles. The van der Waals surface area contributed by atoms with Gasteiger partial charge in [-0.2, -0.15) is 13.2 Å². The van der Waals surface area contributed by atoms with E-state index in [9.17, 15) is 26.7 Å². The van der Waals surface area contributed by atoms with Crippen molar-refractivity contribution < 1.29 is 31.9 Å². The highest BCUT2D eigenvalue weighted by Crippen LogP contribution is 2.36. The predicted molar refractivity (Wildman–Crippen MR) is 52.0 cm³/mol. The van der Waals surface area contributed by atoms with Crippen LogP contribution < -0.4 is 5.32 Å². The largest absolute Gasteiger partial charge is 0.416 e. The fourth-order valence-corrected chi connectivity index (χ4v) is 1.76. The van der Waals surface area contributed by atoms with E-state index in [1.807, 2.05) is 5.32 Å². The smallest absolute Gasteiger partial charge is 0.382 e. The van der Waals surface area contributed by atoms with Crippen molar-refractivity contribution >= 4 is 5.91 Å². The van der Waals surface area contributed by atoms with E-state index >= 15 is 0 Å². The summed E-state index contributed by atoms with van der Waals surface area (Å²) in [6.45, 7) is -0.949. The minimum absolute atomic E-state index is 0.0546. The second-order valence-corrected chi connectivity index (χ2v) is 4.43. The van der Waals surface area contributed by atoms with E-state index in [0.29, 0.717) is 0 Å². The first kappa shape index (κ1) is 15.1. The summed E-state index contributed by atoms with van der Waals surface area (Å²) in [5, 5.41) is 10.6. The van der Waals surface area contributed by atoms with Gasteiger partial charge in [-0.05, 0) is 12.8 Å². The molecule has 2 N–H and O–H groups in total. The Morgan fingerprint density at radius 2 is 1.83 bits per heavy atom. The maximum Gasteiger partial charge on any atom is 0.416 e. The molecule has 0 aliphatic heterocycles. The zero-order chi connectivity index (χ0) is 14.0. The summed E-state index contributed by atoms with van der Waals surface area (Å²) < 4.78 is 61.4. The summed E-state index contributed by atoms with van der Waals surface area (Å²) in [6, 6.07) is 0. The van der Waals surface area contributed by atoms with Gasteiger partial charge in [0.1, 0.15) is 0 Å². The molecule has 0 aromatic heterocycles. The fraction of sp³-hybridized carbons (Fsp3) is 0.900. The summed E-state index contributed by atoms with van der Waals surface area (Å²) in [4.78, 5) is 11.4. The van der Waals surface area contributed by atoms with Crippen LogP contribution in [0, 0.1) is 5.92 Å². The Morgan fingerprint density at radius 3 is 2.28 bits per heavy atom. The number of hydrogen-bond donors (Lipinski definition) is 2. The monoisotopic (exact) mass is 275 g/mol. The maximum absolute atomic E-state index is 12.8. The van der Waals surface area contributed by atoms with Crippen molar-refractivity contribution in [3.63, 3.8) is 0 Å². The van der Waals surface area contributed by atoms with Gasteiger partial charge in [-0.1, -0.05) is 0 Å². The van der Waals surface area contributed by atoms with Crippen LogP contribution in [0.2, 0.25) is 0 Å². The van der Waals surface area contributed by atoms with Crippen LogP contribution in [0.15, 0.2) is 0 Å². The Kier molecular flexibility index (Phi) is 4.52. The molecule has 0 aromatic rings. The molecule has 0 bridgehead atoms. The standard InChI is InChI=1S/C10H14F5NO2/c11-9(12)3-1-6(2-4-9)8(18)16-5-7(17)10(13,14)15/h6-7,17H,1-5H2,(H,16,18). The van der Waals surface area contributed by atoms with Crippen molar-refractivity contribution in [1.29, 1.82) is 0 Å². The first-order valence-corrected chi connectivity index (χ1v) is 5.52. The van der Waals surface area contributed by atoms with Crippen LogP contribution in [0.4, 0.5) is 22.0 Å². The summed E-state index contributed by atoms with van der Waals surface area (Å²) >= 11 is 0. The van der Waals surface area contributed by atoms with Crippen LogP contribution in [-0.2, 0) is 4.79 Å². The normalized spacial score (nSPS) is 22.6. The number of hydrogen-bond acceptors (Lipinski definition) is 2. The highest BCUT2D eigenvalue weighted by Gasteiger charge is 2.40. The molecule has 0 radical (unpaired) electrons. The molecule has 1 fully saturated rings. The second kappa shape index (κ2) is 5.38. The molecular weight excluding hydrogens is 261 g/mol. The Labute approximate surface area is 100 Å². The van der Waals surface area contributed by atoms with Gasteiger partial charge in [-0.15, -0.1) is 0 Å². The highest BCUT2D eigenvalue weighted by molar-refractivity contribution is 5.78. The third kappa shape index (κ3) is 4.40. The molecule has 0 spiro atoms. The molecular formula is C10H14F5NO2. The average Bonchev–Trinajstić information content (AvgIpc) is 2.24. The van der Waals surface area contributed by atoms with Crippen molar-refractivity contribution in [3.8, 4) is 0 Å². The molecule has 1 atom stereocenters. The van der Waals surface area contributed by atoms with Crippen LogP contribution in [0.5, 0.6) is 0 Å². The quantitative estimate of drug-likeness (QED) is 0.772.